The van der Waals surface area contributed by atoms with E-state index in [1.165, 1.54) is 6.26 Å². The molecule has 2 amide bonds. The van der Waals surface area contributed by atoms with Crippen LogP contribution >= 0.6 is 0 Å². The fourth-order valence-corrected chi connectivity index (χ4v) is 4.41. The molecule has 1 saturated carbocycles. The summed E-state index contributed by atoms with van der Waals surface area (Å²) in [7, 11) is -2.99. The Balaban J connectivity index is 1.81. The highest BCUT2D eigenvalue weighted by molar-refractivity contribution is 7.90. The lowest BCUT2D eigenvalue weighted by atomic mass is 9.75. The predicted octanol–water partition coefficient (Wildman–Crippen LogP) is 1.46. The van der Waals surface area contributed by atoms with Gasteiger partial charge in [0.2, 0.25) is 0 Å². The lowest BCUT2D eigenvalue weighted by Gasteiger charge is -2.39. The van der Waals surface area contributed by atoms with Gasteiger partial charge >= 0.3 is 6.03 Å². The van der Waals surface area contributed by atoms with Crippen LogP contribution in [0, 0.1) is 5.41 Å². The standard InChI is InChI=1S/C15H28N2O4S/c1-12(5-11-22(2,19)20)16-14(18)17-13-4-3-6-15(13)7-9-21-10-8-15/h12-13H,3-11H2,1-2H3,(H2,16,17,18). The molecule has 2 aliphatic rings. The van der Waals surface area contributed by atoms with Crippen LogP contribution in [-0.2, 0) is 14.6 Å². The van der Waals surface area contributed by atoms with E-state index in [4.69, 9.17) is 4.74 Å². The second-order valence-electron chi connectivity index (χ2n) is 6.86. The van der Waals surface area contributed by atoms with E-state index in [0.717, 1.165) is 45.3 Å². The van der Waals surface area contributed by atoms with Gasteiger partial charge in [-0.3, -0.25) is 0 Å². The first-order chi connectivity index (χ1) is 10.3. The maximum atomic E-state index is 12.2. The number of nitrogens with one attached hydrogen (secondary N) is 2. The Labute approximate surface area is 133 Å². The number of urea groups is 1. The monoisotopic (exact) mass is 332 g/mol. The number of hydrogen-bond donors (Lipinski definition) is 2. The highest BCUT2D eigenvalue weighted by atomic mass is 32.2. The van der Waals surface area contributed by atoms with Gasteiger partial charge in [0.25, 0.3) is 0 Å². The SMILES string of the molecule is CC(CCS(C)(=O)=O)NC(=O)NC1CCCC12CCOCC2. The third-order valence-electron chi connectivity index (χ3n) is 5.00. The van der Waals surface area contributed by atoms with Crippen molar-refractivity contribution in [3.05, 3.63) is 0 Å². The second kappa shape index (κ2) is 7.17. The van der Waals surface area contributed by atoms with Gasteiger partial charge < -0.3 is 15.4 Å². The minimum Gasteiger partial charge on any atom is -0.381 e. The van der Waals surface area contributed by atoms with Crippen LogP contribution < -0.4 is 10.6 Å². The van der Waals surface area contributed by atoms with E-state index in [9.17, 15) is 13.2 Å². The Morgan fingerprint density at radius 3 is 2.64 bits per heavy atom. The van der Waals surface area contributed by atoms with E-state index < -0.39 is 9.84 Å². The van der Waals surface area contributed by atoms with Crippen LogP contribution in [-0.4, -0.2) is 51.8 Å². The molecule has 2 atom stereocenters. The van der Waals surface area contributed by atoms with E-state index in [1.54, 1.807) is 0 Å². The molecule has 1 spiro atoms. The minimum atomic E-state index is -2.99. The first kappa shape index (κ1) is 17.5. The molecule has 7 heteroatoms. The smallest absolute Gasteiger partial charge is 0.315 e. The Morgan fingerprint density at radius 2 is 2.00 bits per heavy atom. The summed E-state index contributed by atoms with van der Waals surface area (Å²) < 4.78 is 27.8. The van der Waals surface area contributed by atoms with Gasteiger partial charge in [0, 0.05) is 31.6 Å². The third-order valence-corrected chi connectivity index (χ3v) is 5.98. The minimum absolute atomic E-state index is 0.0964. The van der Waals surface area contributed by atoms with Gasteiger partial charge in [-0.25, -0.2) is 13.2 Å². The van der Waals surface area contributed by atoms with Crippen molar-refractivity contribution in [2.75, 3.05) is 25.2 Å². The molecular formula is C15H28N2O4S. The Morgan fingerprint density at radius 1 is 1.32 bits per heavy atom. The molecule has 2 rings (SSSR count). The number of sulfone groups is 1. The van der Waals surface area contributed by atoms with Crippen LogP contribution in [0.2, 0.25) is 0 Å². The van der Waals surface area contributed by atoms with Crippen molar-refractivity contribution in [1.82, 2.24) is 10.6 Å². The van der Waals surface area contributed by atoms with Crippen LogP contribution in [0.1, 0.15) is 45.4 Å². The van der Waals surface area contributed by atoms with Crippen molar-refractivity contribution in [2.24, 2.45) is 5.41 Å². The second-order valence-corrected chi connectivity index (χ2v) is 9.12. The van der Waals surface area contributed by atoms with Gasteiger partial charge in [0.15, 0.2) is 0 Å². The average Bonchev–Trinajstić information content (AvgIpc) is 2.79. The predicted molar refractivity (Wildman–Crippen MR) is 85.6 cm³/mol. The Hall–Kier alpha value is -0.820. The van der Waals surface area contributed by atoms with Crippen molar-refractivity contribution in [1.29, 1.82) is 0 Å². The molecule has 0 radical (unpaired) electrons. The lowest BCUT2D eigenvalue weighted by molar-refractivity contribution is 0.00619. The molecule has 0 aromatic rings. The summed E-state index contributed by atoms with van der Waals surface area (Å²) in [6, 6.07) is -0.126. The van der Waals surface area contributed by atoms with Crippen molar-refractivity contribution < 1.29 is 17.9 Å². The first-order valence-electron chi connectivity index (χ1n) is 8.13. The summed E-state index contributed by atoms with van der Waals surface area (Å²) in [6.07, 6.45) is 7.01. The average molecular weight is 332 g/mol. The molecule has 0 aromatic heterocycles. The normalized spacial score (nSPS) is 25.8. The number of carbonyl (C=O) groups excluding carboxylic acids is 1. The summed E-state index contributed by atoms with van der Waals surface area (Å²) in [5, 5.41) is 5.97. The van der Waals surface area contributed by atoms with Gasteiger partial charge in [-0.1, -0.05) is 6.42 Å². The van der Waals surface area contributed by atoms with E-state index in [-0.39, 0.29) is 29.3 Å². The largest absolute Gasteiger partial charge is 0.381 e. The molecule has 1 aliphatic heterocycles. The number of hydrogen-bond acceptors (Lipinski definition) is 4. The van der Waals surface area contributed by atoms with Crippen LogP contribution in [0.3, 0.4) is 0 Å². The molecule has 22 heavy (non-hydrogen) atoms. The third kappa shape index (κ3) is 4.84. The van der Waals surface area contributed by atoms with Crippen LogP contribution in [0.15, 0.2) is 0 Å². The summed E-state index contributed by atoms with van der Waals surface area (Å²) >= 11 is 0. The highest BCUT2D eigenvalue weighted by Crippen LogP contribution is 2.45. The molecule has 1 saturated heterocycles. The molecular weight excluding hydrogens is 304 g/mol. The van der Waals surface area contributed by atoms with Gasteiger partial charge in [0.05, 0.1) is 5.75 Å². The summed E-state index contributed by atoms with van der Waals surface area (Å²) in [5.41, 5.74) is 0.200. The van der Waals surface area contributed by atoms with Crippen molar-refractivity contribution in [3.8, 4) is 0 Å². The molecule has 2 unspecified atom stereocenters. The number of carbonyl (C=O) groups is 1. The molecule has 6 nitrogen and oxygen atoms in total. The van der Waals surface area contributed by atoms with Crippen LogP contribution in [0.4, 0.5) is 4.79 Å². The molecule has 1 heterocycles. The fourth-order valence-electron chi connectivity index (χ4n) is 3.63. The lowest BCUT2D eigenvalue weighted by Crippen LogP contribution is -2.51. The molecule has 2 N–H and O–H groups in total. The van der Waals surface area contributed by atoms with E-state index in [2.05, 4.69) is 10.6 Å². The summed E-state index contributed by atoms with van der Waals surface area (Å²) in [6.45, 7) is 3.40. The first-order valence-corrected chi connectivity index (χ1v) is 10.2. The van der Waals surface area contributed by atoms with Crippen molar-refractivity contribution in [3.63, 3.8) is 0 Å². The molecule has 1 aliphatic carbocycles. The number of amides is 2. The zero-order valence-corrected chi connectivity index (χ0v) is 14.4. The highest BCUT2D eigenvalue weighted by Gasteiger charge is 2.44. The topological polar surface area (TPSA) is 84.5 Å². The molecule has 2 fully saturated rings. The number of rotatable bonds is 5. The van der Waals surface area contributed by atoms with E-state index >= 15 is 0 Å². The Bertz CT molecular complexity index is 486. The maximum Gasteiger partial charge on any atom is 0.315 e. The van der Waals surface area contributed by atoms with Crippen LogP contribution in [0.25, 0.3) is 0 Å². The number of ether oxygens (including phenoxy) is 1. The van der Waals surface area contributed by atoms with Crippen LogP contribution in [0.5, 0.6) is 0 Å². The zero-order chi connectivity index (χ0) is 16.2. The maximum absolute atomic E-state index is 12.2. The summed E-state index contributed by atoms with van der Waals surface area (Å²) in [5.74, 6) is 0.0964. The van der Waals surface area contributed by atoms with E-state index in [0.29, 0.717) is 6.42 Å². The van der Waals surface area contributed by atoms with Crippen molar-refractivity contribution >= 4 is 15.9 Å². The van der Waals surface area contributed by atoms with Gasteiger partial charge in [-0.15, -0.1) is 0 Å². The zero-order valence-electron chi connectivity index (χ0n) is 13.6. The molecule has 128 valence electrons. The molecule has 0 bridgehead atoms. The van der Waals surface area contributed by atoms with Gasteiger partial charge in [-0.2, -0.15) is 0 Å². The van der Waals surface area contributed by atoms with E-state index in [1.807, 2.05) is 6.92 Å². The van der Waals surface area contributed by atoms with Gasteiger partial charge in [0.1, 0.15) is 9.84 Å². The fraction of sp³-hybridized carbons (Fsp3) is 0.933. The summed E-state index contributed by atoms with van der Waals surface area (Å²) in [4.78, 5) is 12.2. The van der Waals surface area contributed by atoms with Crippen molar-refractivity contribution in [2.45, 2.75) is 57.5 Å². The Kier molecular flexibility index (Phi) is 5.71. The quantitative estimate of drug-likeness (QED) is 0.798. The molecule has 0 aromatic carbocycles. The van der Waals surface area contributed by atoms with Gasteiger partial charge in [-0.05, 0) is 44.4 Å².